The predicted molar refractivity (Wildman–Crippen MR) is 134 cm³/mol. The molecule has 1 rings (SSSR count). The zero-order chi connectivity index (χ0) is 24.2. The Labute approximate surface area is 196 Å². The minimum absolute atomic E-state index is 0.0833. The zero-order valence-electron chi connectivity index (χ0n) is 21.1. The van der Waals surface area contributed by atoms with Crippen molar-refractivity contribution in [2.75, 3.05) is 27.7 Å². The van der Waals surface area contributed by atoms with Crippen molar-refractivity contribution in [3.05, 3.63) is 35.4 Å². The van der Waals surface area contributed by atoms with Crippen LogP contribution >= 0.6 is 0 Å². The Balaban J connectivity index is 0.000000677. The van der Waals surface area contributed by atoms with E-state index in [0.29, 0.717) is 0 Å². The van der Waals surface area contributed by atoms with Crippen LogP contribution in [0.25, 0.3) is 0 Å². The second-order valence-electron chi connectivity index (χ2n) is 9.80. The van der Waals surface area contributed by atoms with Gasteiger partial charge < -0.3 is 14.7 Å². The van der Waals surface area contributed by atoms with E-state index in [1.165, 1.54) is 121 Å². The number of aromatic carboxylic acids is 2. The van der Waals surface area contributed by atoms with Gasteiger partial charge in [0.2, 0.25) is 0 Å². The SMILES string of the molecule is CCCCCCCCCCCCCCCC[N+](C)(C)C.O=C(O)c1ccc(C(=O)O)cc1. The lowest BCUT2D eigenvalue weighted by atomic mass is 10.0. The maximum Gasteiger partial charge on any atom is 0.335 e. The molecule has 0 amide bonds. The fraction of sp³-hybridized carbons (Fsp3) is 0.704. The van der Waals surface area contributed by atoms with E-state index in [2.05, 4.69) is 28.1 Å². The van der Waals surface area contributed by atoms with Gasteiger partial charge in [-0.2, -0.15) is 0 Å². The molecule has 0 spiro atoms. The van der Waals surface area contributed by atoms with Crippen molar-refractivity contribution >= 4 is 11.9 Å². The number of rotatable bonds is 17. The van der Waals surface area contributed by atoms with Crippen molar-refractivity contribution in [2.45, 2.75) is 96.8 Å². The fourth-order valence-electron chi connectivity index (χ4n) is 3.54. The highest BCUT2D eigenvalue weighted by Gasteiger charge is 2.05. The smallest absolute Gasteiger partial charge is 0.335 e. The van der Waals surface area contributed by atoms with Crippen molar-refractivity contribution in [2.24, 2.45) is 0 Å². The maximum atomic E-state index is 10.3. The van der Waals surface area contributed by atoms with Gasteiger partial charge in [0.15, 0.2) is 0 Å². The van der Waals surface area contributed by atoms with E-state index in [9.17, 15) is 9.59 Å². The van der Waals surface area contributed by atoms with E-state index in [-0.39, 0.29) is 11.1 Å². The standard InChI is InChI=1S/C19H42N.C8H6O4/c1-5-6-7-8-9-10-11-12-13-14-15-16-17-18-19-20(2,3)4;9-7(10)5-1-2-6(4-3-5)8(11)12/h5-19H2,1-4H3;1-4H,(H,9,10)(H,11,12)/q+1;. The third-order valence-corrected chi connectivity index (χ3v) is 5.56. The lowest BCUT2D eigenvalue weighted by molar-refractivity contribution is -0.870. The summed E-state index contributed by atoms with van der Waals surface area (Å²) < 4.78 is 1.12. The van der Waals surface area contributed by atoms with Gasteiger partial charge in [0.25, 0.3) is 0 Å². The van der Waals surface area contributed by atoms with Gasteiger partial charge in [0, 0.05) is 0 Å². The van der Waals surface area contributed by atoms with Crippen molar-refractivity contribution in [1.29, 1.82) is 0 Å². The van der Waals surface area contributed by atoms with Crippen LogP contribution in [0.4, 0.5) is 0 Å². The van der Waals surface area contributed by atoms with Crippen LogP contribution in [-0.2, 0) is 0 Å². The molecule has 5 heteroatoms. The molecule has 184 valence electrons. The number of benzene rings is 1. The van der Waals surface area contributed by atoms with Crippen LogP contribution < -0.4 is 0 Å². The van der Waals surface area contributed by atoms with Crippen LogP contribution in [0.2, 0.25) is 0 Å². The Morgan fingerprint density at radius 3 is 1.12 bits per heavy atom. The molecule has 0 aliphatic rings. The molecule has 2 N–H and O–H groups in total. The van der Waals surface area contributed by atoms with Crippen LogP contribution in [0.5, 0.6) is 0 Å². The van der Waals surface area contributed by atoms with E-state index in [1.807, 2.05) is 0 Å². The van der Waals surface area contributed by atoms with Gasteiger partial charge in [0.05, 0.1) is 38.8 Å². The molecule has 0 atom stereocenters. The van der Waals surface area contributed by atoms with Crippen molar-refractivity contribution in [3.8, 4) is 0 Å². The van der Waals surface area contributed by atoms with Gasteiger partial charge in [-0.1, -0.05) is 84.0 Å². The number of quaternary nitrogens is 1. The molecule has 0 aliphatic carbocycles. The molecule has 0 aliphatic heterocycles. The highest BCUT2D eigenvalue weighted by Crippen LogP contribution is 2.13. The number of unbranched alkanes of at least 4 members (excludes halogenated alkanes) is 13. The first-order valence-electron chi connectivity index (χ1n) is 12.5. The lowest BCUT2D eigenvalue weighted by Crippen LogP contribution is -2.35. The number of carbonyl (C=O) groups is 2. The number of carboxylic acids is 2. The fourth-order valence-corrected chi connectivity index (χ4v) is 3.54. The van der Waals surface area contributed by atoms with Crippen molar-refractivity contribution in [3.63, 3.8) is 0 Å². The molecule has 0 aromatic heterocycles. The zero-order valence-corrected chi connectivity index (χ0v) is 21.1. The second kappa shape index (κ2) is 18.7. The van der Waals surface area contributed by atoms with Gasteiger partial charge in [-0.25, -0.2) is 9.59 Å². The predicted octanol–water partition coefficient (Wildman–Crippen LogP) is 7.26. The summed E-state index contributed by atoms with van der Waals surface area (Å²) >= 11 is 0. The molecule has 5 nitrogen and oxygen atoms in total. The van der Waals surface area contributed by atoms with Gasteiger partial charge in [-0.05, 0) is 37.1 Å². The highest BCUT2D eigenvalue weighted by molar-refractivity contribution is 5.91. The molecule has 1 aromatic rings. The monoisotopic (exact) mass is 450 g/mol. The van der Waals surface area contributed by atoms with Crippen LogP contribution in [0.15, 0.2) is 24.3 Å². The first-order valence-corrected chi connectivity index (χ1v) is 12.5. The number of hydrogen-bond donors (Lipinski definition) is 2. The molecule has 0 bridgehead atoms. The normalized spacial score (nSPS) is 11.0. The third kappa shape index (κ3) is 18.9. The average Bonchev–Trinajstić information content (AvgIpc) is 2.73. The molecule has 0 saturated heterocycles. The number of nitrogens with zero attached hydrogens (tertiary/aromatic N) is 1. The van der Waals surface area contributed by atoms with Crippen LogP contribution in [0.1, 0.15) is 118 Å². The number of carboxylic acid groups (broad SMARTS) is 2. The van der Waals surface area contributed by atoms with E-state index in [4.69, 9.17) is 10.2 Å². The second-order valence-corrected chi connectivity index (χ2v) is 9.80. The first-order chi connectivity index (χ1) is 15.2. The summed E-state index contributed by atoms with van der Waals surface area (Å²) in [5.74, 6) is -2.13. The minimum atomic E-state index is -1.06. The van der Waals surface area contributed by atoms with E-state index >= 15 is 0 Å². The summed E-state index contributed by atoms with van der Waals surface area (Å²) in [5, 5.41) is 16.9. The molecule has 0 saturated carbocycles. The molecule has 0 heterocycles. The molecular formula is C27H48NO4+. The Bertz CT molecular complexity index is 572. The van der Waals surface area contributed by atoms with Gasteiger partial charge >= 0.3 is 11.9 Å². The van der Waals surface area contributed by atoms with Crippen LogP contribution in [0.3, 0.4) is 0 Å². The van der Waals surface area contributed by atoms with Crippen molar-refractivity contribution < 1.29 is 24.3 Å². The molecular weight excluding hydrogens is 402 g/mol. The Kier molecular flexibility index (Phi) is 17.6. The summed E-state index contributed by atoms with van der Waals surface area (Å²) in [5.41, 5.74) is 0.167. The van der Waals surface area contributed by atoms with Crippen molar-refractivity contribution in [1.82, 2.24) is 0 Å². The molecule has 0 fully saturated rings. The van der Waals surface area contributed by atoms with Gasteiger partial charge in [-0.3, -0.25) is 0 Å². The molecule has 0 unspecified atom stereocenters. The van der Waals surface area contributed by atoms with Gasteiger partial charge in [-0.15, -0.1) is 0 Å². The quantitative estimate of drug-likeness (QED) is 0.193. The first kappa shape index (κ1) is 30.1. The molecule has 0 radical (unpaired) electrons. The lowest BCUT2D eigenvalue weighted by Gasteiger charge is -2.23. The Morgan fingerprint density at radius 2 is 0.875 bits per heavy atom. The largest absolute Gasteiger partial charge is 0.478 e. The Hall–Kier alpha value is -1.88. The molecule has 32 heavy (non-hydrogen) atoms. The van der Waals surface area contributed by atoms with Crippen LogP contribution in [-0.4, -0.2) is 54.3 Å². The summed E-state index contributed by atoms with van der Waals surface area (Å²) in [6.07, 6.45) is 20.4. The minimum Gasteiger partial charge on any atom is -0.478 e. The van der Waals surface area contributed by atoms with E-state index in [1.54, 1.807) is 0 Å². The Morgan fingerprint density at radius 1 is 0.594 bits per heavy atom. The molecule has 1 aromatic carbocycles. The van der Waals surface area contributed by atoms with Crippen LogP contribution in [0, 0.1) is 0 Å². The average molecular weight is 451 g/mol. The number of hydrogen-bond acceptors (Lipinski definition) is 2. The summed E-state index contributed by atoms with van der Waals surface area (Å²) in [7, 11) is 6.88. The summed E-state index contributed by atoms with van der Waals surface area (Å²) in [6.45, 7) is 3.63. The summed E-state index contributed by atoms with van der Waals surface area (Å²) in [4.78, 5) is 20.7. The van der Waals surface area contributed by atoms with E-state index < -0.39 is 11.9 Å². The highest BCUT2D eigenvalue weighted by atomic mass is 16.4. The van der Waals surface area contributed by atoms with Gasteiger partial charge in [0.1, 0.15) is 0 Å². The summed E-state index contributed by atoms with van der Waals surface area (Å²) in [6, 6.07) is 5.02. The third-order valence-electron chi connectivity index (χ3n) is 5.56. The topological polar surface area (TPSA) is 74.6 Å². The van der Waals surface area contributed by atoms with E-state index in [0.717, 1.165) is 4.48 Å². The maximum absolute atomic E-state index is 10.3.